The molecule has 2 N–H and O–H groups in total. The van der Waals surface area contributed by atoms with Gasteiger partial charge in [0.15, 0.2) is 5.96 Å². The number of guanidine groups is 1. The predicted molar refractivity (Wildman–Crippen MR) is 94.4 cm³/mol. The number of nitrogens with zero attached hydrogens (tertiary/aromatic N) is 3. The Bertz CT molecular complexity index is 445. The highest BCUT2D eigenvalue weighted by atomic mass is 127. The zero-order valence-corrected chi connectivity index (χ0v) is 14.4. The van der Waals surface area contributed by atoms with Crippen LogP contribution in [0.5, 0.6) is 5.75 Å². The van der Waals surface area contributed by atoms with Crippen LogP contribution in [0.2, 0.25) is 0 Å². The average molecular weight is 390 g/mol. The van der Waals surface area contributed by atoms with E-state index in [1.54, 1.807) is 7.11 Å². The van der Waals surface area contributed by atoms with Gasteiger partial charge < -0.3 is 20.3 Å². The Morgan fingerprint density at radius 3 is 2.60 bits per heavy atom. The molecule has 0 atom stereocenters. The number of hydrogen-bond donors (Lipinski definition) is 1. The number of anilines is 1. The Morgan fingerprint density at radius 2 is 2.00 bits per heavy atom. The third kappa shape index (κ3) is 4.16. The summed E-state index contributed by atoms with van der Waals surface area (Å²) in [6.45, 7) is 6.46. The van der Waals surface area contributed by atoms with E-state index in [0.717, 1.165) is 38.5 Å². The van der Waals surface area contributed by atoms with Crippen LogP contribution in [0.25, 0.3) is 0 Å². The number of benzene rings is 1. The minimum Gasteiger partial charge on any atom is -0.497 e. The van der Waals surface area contributed by atoms with Crippen molar-refractivity contribution in [1.29, 1.82) is 0 Å². The van der Waals surface area contributed by atoms with Crippen molar-refractivity contribution in [3.63, 3.8) is 0 Å². The van der Waals surface area contributed by atoms with Crippen LogP contribution in [0.1, 0.15) is 6.92 Å². The van der Waals surface area contributed by atoms with Crippen molar-refractivity contribution in [3.8, 4) is 5.75 Å². The molecule has 1 saturated heterocycles. The van der Waals surface area contributed by atoms with Crippen molar-refractivity contribution in [2.75, 3.05) is 44.7 Å². The van der Waals surface area contributed by atoms with Crippen LogP contribution < -0.4 is 15.4 Å². The number of piperazine rings is 1. The predicted octanol–water partition coefficient (Wildman–Crippen LogP) is 1.77. The summed E-state index contributed by atoms with van der Waals surface area (Å²) < 4.78 is 5.26. The molecule has 0 radical (unpaired) electrons. The number of aliphatic imine (C=N–C) groups is 1. The molecule has 0 unspecified atom stereocenters. The smallest absolute Gasteiger partial charge is 0.191 e. The molecular weight excluding hydrogens is 367 g/mol. The molecule has 0 spiro atoms. The molecule has 112 valence electrons. The van der Waals surface area contributed by atoms with Gasteiger partial charge in [-0.15, -0.1) is 24.0 Å². The second-order valence-corrected chi connectivity index (χ2v) is 4.51. The van der Waals surface area contributed by atoms with Crippen molar-refractivity contribution in [2.45, 2.75) is 6.92 Å². The van der Waals surface area contributed by atoms with Crippen LogP contribution in [-0.4, -0.2) is 50.7 Å². The molecule has 1 heterocycles. The molecule has 1 aromatic rings. The molecule has 5 nitrogen and oxygen atoms in total. The Balaban J connectivity index is 0.00000200. The first-order chi connectivity index (χ1) is 9.24. The van der Waals surface area contributed by atoms with Crippen molar-refractivity contribution in [2.24, 2.45) is 10.7 Å². The zero-order valence-electron chi connectivity index (χ0n) is 12.1. The number of methoxy groups -OCH3 is 1. The van der Waals surface area contributed by atoms with Crippen LogP contribution in [0.3, 0.4) is 0 Å². The van der Waals surface area contributed by atoms with E-state index in [1.165, 1.54) is 5.69 Å². The average Bonchev–Trinajstić information content (AvgIpc) is 2.48. The maximum absolute atomic E-state index is 5.93. The molecule has 1 aliphatic heterocycles. The summed E-state index contributed by atoms with van der Waals surface area (Å²) in [6, 6.07) is 8.17. The highest BCUT2D eigenvalue weighted by Gasteiger charge is 2.18. The van der Waals surface area contributed by atoms with E-state index in [4.69, 9.17) is 10.5 Å². The monoisotopic (exact) mass is 390 g/mol. The Hall–Kier alpha value is -1.18. The second-order valence-electron chi connectivity index (χ2n) is 4.51. The fourth-order valence-corrected chi connectivity index (χ4v) is 2.26. The zero-order chi connectivity index (χ0) is 13.7. The Morgan fingerprint density at radius 1 is 1.30 bits per heavy atom. The maximum atomic E-state index is 5.93. The van der Waals surface area contributed by atoms with Gasteiger partial charge in [-0.25, -0.2) is 0 Å². The molecule has 0 aromatic heterocycles. The molecule has 1 aromatic carbocycles. The summed E-state index contributed by atoms with van der Waals surface area (Å²) in [6.07, 6.45) is 0. The highest BCUT2D eigenvalue weighted by Crippen LogP contribution is 2.21. The summed E-state index contributed by atoms with van der Waals surface area (Å²) in [5.41, 5.74) is 7.13. The molecule has 0 amide bonds. The molecule has 20 heavy (non-hydrogen) atoms. The van der Waals surface area contributed by atoms with Gasteiger partial charge in [0.2, 0.25) is 0 Å². The normalized spacial score (nSPS) is 15.8. The van der Waals surface area contributed by atoms with Crippen molar-refractivity contribution in [1.82, 2.24) is 4.90 Å². The van der Waals surface area contributed by atoms with Crippen LogP contribution in [-0.2, 0) is 0 Å². The van der Waals surface area contributed by atoms with Gasteiger partial charge in [-0.05, 0) is 19.1 Å². The van der Waals surface area contributed by atoms with Gasteiger partial charge in [0, 0.05) is 44.5 Å². The quantitative estimate of drug-likeness (QED) is 0.486. The third-order valence-corrected chi connectivity index (χ3v) is 3.34. The fraction of sp³-hybridized carbons (Fsp3) is 0.500. The van der Waals surface area contributed by atoms with Crippen LogP contribution in [0, 0.1) is 0 Å². The van der Waals surface area contributed by atoms with Gasteiger partial charge >= 0.3 is 0 Å². The number of hydrogen-bond acceptors (Lipinski definition) is 3. The lowest BCUT2D eigenvalue weighted by Gasteiger charge is -2.36. The van der Waals surface area contributed by atoms with Gasteiger partial charge in [-0.2, -0.15) is 0 Å². The second kappa shape index (κ2) is 8.18. The SMILES string of the molecule is CCN=C(N)N1CCN(c2cccc(OC)c2)CC1.I. The summed E-state index contributed by atoms with van der Waals surface area (Å²) in [4.78, 5) is 8.74. The molecule has 1 aliphatic rings. The molecule has 0 aliphatic carbocycles. The highest BCUT2D eigenvalue weighted by molar-refractivity contribution is 14.0. The van der Waals surface area contributed by atoms with Gasteiger partial charge in [-0.3, -0.25) is 4.99 Å². The number of halogens is 1. The Labute approximate surface area is 137 Å². The van der Waals surface area contributed by atoms with Gasteiger partial charge in [0.25, 0.3) is 0 Å². The number of nitrogens with two attached hydrogens (primary N) is 1. The molecule has 0 saturated carbocycles. The van der Waals surface area contributed by atoms with E-state index in [0.29, 0.717) is 5.96 Å². The number of rotatable bonds is 3. The number of ether oxygens (including phenoxy) is 1. The Kier molecular flexibility index (Phi) is 6.90. The first-order valence-corrected chi connectivity index (χ1v) is 6.68. The maximum Gasteiger partial charge on any atom is 0.191 e. The summed E-state index contributed by atoms with van der Waals surface area (Å²) in [7, 11) is 1.69. The lowest BCUT2D eigenvalue weighted by molar-refractivity contribution is 0.380. The molecule has 2 rings (SSSR count). The van der Waals surface area contributed by atoms with Crippen molar-refractivity contribution >= 4 is 35.6 Å². The van der Waals surface area contributed by atoms with Crippen LogP contribution in [0.4, 0.5) is 5.69 Å². The molecule has 0 bridgehead atoms. The largest absolute Gasteiger partial charge is 0.497 e. The minimum absolute atomic E-state index is 0. The summed E-state index contributed by atoms with van der Waals surface area (Å²) in [5, 5.41) is 0. The van der Waals surface area contributed by atoms with Crippen molar-refractivity contribution < 1.29 is 4.74 Å². The van der Waals surface area contributed by atoms with Gasteiger partial charge in [-0.1, -0.05) is 6.07 Å². The molecule has 1 fully saturated rings. The van der Waals surface area contributed by atoms with E-state index in [2.05, 4.69) is 26.9 Å². The van der Waals surface area contributed by atoms with Crippen molar-refractivity contribution in [3.05, 3.63) is 24.3 Å². The minimum atomic E-state index is 0. The lowest BCUT2D eigenvalue weighted by Crippen LogP contribution is -2.51. The fourth-order valence-electron chi connectivity index (χ4n) is 2.26. The topological polar surface area (TPSA) is 54.1 Å². The van der Waals surface area contributed by atoms with Crippen LogP contribution >= 0.6 is 24.0 Å². The first kappa shape index (κ1) is 16.9. The van der Waals surface area contributed by atoms with E-state index < -0.39 is 0 Å². The standard InChI is InChI=1S/C14H22N4O.HI/c1-3-16-14(15)18-9-7-17(8-10-18)12-5-4-6-13(11-12)19-2;/h4-6,11H,3,7-10H2,1-2H3,(H2,15,16);1H. The first-order valence-electron chi connectivity index (χ1n) is 6.68. The third-order valence-electron chi connectivity index (χ3n) is 3.34. The summed E-state index contributed by atoms with van der Waals surface area (Å²) in [5.74, 6) is 1.56. The van der Waals surface area contributed by atoms with Crippen LogP contribution in [0.15, 0.2) is 29.3 Å². The van der Waals surface area contributed by atoms with E-state index in [9.17, 15) is 0 Å². The van der Waals surface area contributed by atoms with E-state index >= 15 is 0 Å². The molecule has 6 heteroatoms. The van der Waals surface area contributed by atoms with Gasteiger partial charge in [0.1, 0.15) is 5.75 Å². The summed E-state index contributed by atoms with van der Waals surface area (Å²) >= 11 is 0. The van der Waals surface area contributed by atoms with E-state index in [1.807, 2.05) is 19.1 Å². The molecular formula is C14H23IN4O. The lowest BCUT2D eigenvalue weighted by atomic mass is 10.2. The van der Waals surface area contributed by atoms with Gasteiger partial charge in [0.05, 0.1) is 7.11 Å². The van der Waals surface area contributed by atoms with E-state index in [-0.39, 0.29) is 24.0 Å².